The summed E-state index contributed by atoms with van der Waals surface area (Å²) in [6, 6.07) is 0. The van der Waals surface area contributed by atoms with Crippen molar-refractivity contribution in [2.45, 2.75) is 11.8 Å². The van der Waals surface area contributed by atoms with Crippen molar-refractivity contribution in [3.63, 3.8) is 0 Å². The van der Waals surface area contributed by atoms with Crippen molar-refractivity contribution < 1.29 is 9.53 Å². The van der Waals surface area contributed by atoms with Crippen LogP contribution in [0.1, 0.15) is 6.92 Å². The van der Waals surface area contributed by atoms with Crippen molar-refractivity contribution >= 4 is 17.7 Å². The minimum Gasteiger partial charge on any atom is -0.467 e. The molecular weight excluding hydrogens is 138 g/mol. The molecule has 0 aliphatic heterocycles. The number of methoxy groups -OCH3 is 1. The van der Waals surface area contributed by atoms with E-state index in [0.717, 1.165) is 0 Å². The molecule has 2 N–H and O–H groups in total. The first-order valence-electron chi connectivity index (χ1n) is 2.47. The lowest BCUT2D eigenvalue weighted by atomic mass is 10.4. The Bertz CT molecular complexity index is 114. The maximum atomic E-state index is 10.7. The zero-order valence-electron chi connectivity index (χ0n) is 5.80. The SMILES string of the molecule is COC(=O)C(C)(N)SC. The predicted molar refractivity (Wildman–Crippen MR) is 38.1 cm³/mol. The third-order valence-electron chi connectivity index (χ3n) is 1.01. The van der Waals surface area contributed by atoms with Crippen LogP contribution in [0.5, 0.6) is 0 Å². The first-order valence-corrected chi connectivity index (χ1v) is 3.69. The summed E-state index contributed by atoms with van der Waals surface area (Å²) in [5, 5.41) is 0. The minimum atomic E-state index is -0.894. The van der Waals surface area contributed by atoms with E-state index in [9.17, 15) is 4.79 Å². The molecule has 3 nitrogen and oxygen atoms in total. The van der Waals surface area contributed by atoms with Crippen LogP contribution in [0.15, 0.2) is 0 Å². The number of ether oxygens (including phenoxy) is 1. The molecule has 0 spiro atoms. The van der Waals surface area contributed by atoms with Crippen molar-refractivity contribution in [2.75, 3.05) is 13.4 Å². The molecular formula is C5H11NO2S. The second-order valence-electron chi connectivity index (χ2n) is 1.80. The summed E-state index contributed by atoms with van der Waals surface area (Å²) in [4.78, 5) is 9.80. The van der Waals surface area contributed by atoms with Gasteiger partial charge >= 0.3 is 5.97 Å². The summed E-state index contributed by atoms with van der Waals surface area (Å²) >= 11 is 1.26. The Morgan fingerprint density at radius 2 is 2.22 bits per heavy atom. The van der Waals surface area contributed by atoms with E-state index in [1.165, 1.54) is 18.9 Å². The number of rotatable bonds is 2. The summed E-state index contributed by atoms with van der Waals surface area (Å²) in [5.41, 5.74) is 5.46. The van der Waals surface area contributed by atoms with Crippen molar-refractivity contribution in [2.24, 2.45) is 5.73 Å². The molecule has 0 aliphatic rings. The first kappa shape index (κ1) is 8.78. The van der Waals surface area contributed by atoms with Gasteiger partial charge in [0.2, 0.25) is 0 Å². The van der Waals surface area contributed by atoms with E-state index in [4.69, 9.17) is 5.73 Å². The Kier molecular flexibility index (Phi) is 3.00. The summed E-state index contributed by atoms with van der Waals surface area (Å²) < 4.78 is 4.42. The van der Waals surface area contributed by atoms with Gasteiger partial charge in [-0.2, -0.15) is 0 Å². The highest BCUT2D eigenvalue weighted by atomic mass is 32.2. The van der Waals surface area contributed by atoms with Crippen LogP contribution >= 0.6 is 11.8 Å². The van der Waals surface area contributed by atoms with Gasteiger partial charge in [-0.15, -0.1) is 11.8 Å². The Morgan fingerprint density at radius 1 is 1.78 bits per heavy atom. The summed E-state index contributed by atoms with van der Waals surface area (Å²) in [7, 11) is 1.32. The van der Waals surface area contributed by atoms with Gasteiger partial charge in [0.1, 0.15) is 0 Å². The van der Waals surface area contributed by atoms with Crippen LogP contribution in [0, 0.1) is 0 Å². The monoisotopic (exact) mass is 149 g/mol. The maximum Gasteiger partial charge on any atom is 0.336 e. The van der Waals surface area contributed by atoms with Crippen LogP contribution in [-0.2, 0) is 9.53 Å². The molecule has 0 aliphatic carbocycles. The van der Waals surface area contributed by atoms with Crippen LogP contribution in [0.2, 0.25) is 0 Å². The average Bonchev–Trinajstić information content (AvgIpc) is 1.86. The Hall–Kier alpha value is -0.220. The molecule has 0 bridgehead atoms. The molecule has 0 rings (SSSR count). The van der Waals surface area contributed by atoms with E-state index < -0.39 is 10.8 Å². The molecule has 0 amide bonds. The van der Waals surface area contributed by atoms with Gasteiger partial charge in [-0.25, -0.2) is 4.79 Å². The molecule has 0 radical (unpaired) electrons. The molecule has 1 atom stereocenters. The van der Waals surface area contributed by atoms with Gasteiger partial charge in [-0.05, 0) is 13.2 Å². The van der Waals surface area contributed by atoms with Crippen molar-refractivity contribution in [3.8, 4) is 0 Å². The fourth-order valence-electron chi connectivity index (χ4n) is 0.286. The fourth-order valence-corrected chi connectivity index (χ4v) is 0.536. The Labute approximate surface area is 58.9 Å². The zero-order valence-corrected chi connectivity index (χ0v) is 6.62. The number of carbonyl (C=O) groups is 1. The lowest BCUT2D eigenvalue weighted by molar-refractivity contribution is -0.142. The molecule has 0 fully saturated rings. The van der Waals surface area contributed by atoms with Crippen molar-refractivity contribution in [3.05, 3.63) is 0 Å². The second-order valence-corrected chi connectivity index (χ2v) is 3.06. The molecule has 4 heteroatoms. The molecule has 0 heterocycles. The van der Waals surface area contributed by atoms with Crippen LogP contribution in [0.4, 0.5) is 0 Å². The van der Waals surface area contributed by atoms with Crippen molar-refractivity contribution in [1.82, 2.24) is 0 Å². The average molecular weight is 149 g/mol. The number of hydrogen-bond acceptors (Lipinski definition) is 4. The first-order chi connectivity index (χ1) is 4.04. The highest BCUT2D eigenvalue weighted by Gasteiger charge is 2.27. The Morgan fingerprint density at radius 3 is 2.33 bits per heavy atom. The summed E-state index contributed by atoms with van der Waals surface area (Å²) in [6.45, 7) is 1.61. The topological polar surface area (TPSA) is 52.3 Å². The van der Waals surface area contributed by atoms with Crippen LogP contribution in [0.25, 0.3) is 0 Å². The molecule has 0 aromatic rings. The smallest absolute Gasteiger partial charge is 0.336 e. The van der Waals surface area contributed by atoms with E-state index >= 15 is 0 Å². The van der Waals surface area contributed by atoms with Gasteiger partial charge in [0, 0.05) is 0 Å². The van der Waals surface area contributed by atoms with E-state index in [0.29, 0.717) is 0 Å². The summed E-state index contributed by atoms with van der Waals surface area (Å²) in [5.74, 6) is -0.394. The number of nitrogens with two attached hydrogens (primary N) is 1. The van der Waals surface area contributed by atoms with E-state index in [1.807, 2.05) is 0 Å². The number of esters is 1. The fraction of sp³-hybridized carbons (Fsp3) is 0.800. The van der Waals surface area contributed by atoms with E-state index in [1.54, 1.807) is 13.2 Å². The van der Waals surface area contributed by atoms with Gasteiger partial charge in [-0.1, -0.05) is 0 Å². The third kappa shape index (κ3) is 2.24. The highest BCUT2D eigenvalue weighted by Crippen LogP contribution is 2.15. The third-order valence-corrected chi connectivity index (χ3v) is 2.03. The van der Waals surface area contributed by atoms with Gasteiger partial charge in [0.25, 0.3) is 0 Å². The molecule has 9 heavy (non-hydrogen) atoms. The molecule has 54 valence electrons. The number of carbonyl (C=O) groups excluding carboxylic acids is 1. The van der Waals surface area contributed by atoms with Gasteiger partial charge in [0.05, 0.1) is 7.11 Å². The molecule has 0 saturated carbocycles. The quantitative estimate of drug-likeness (QED) is 0.450. The number of thioether (sulfide) groups is 1. The zero-order chi connectivity index (χ0) is 7.49. The van der Waals surface area contributed by atoms with Crippen LogP contribution < -0.4 is 5.73 Å². The second kappa shape index (κ2) is 3.08. The van der Waals surface area contributed by atoms with Crippen LogP contribution in [0.3, 0.4) is 0 Å². The van der Waals surface area contributed by atoms with Crippen LogP contribution in [-0.4, -0.2) is 24.2 Å². The van der Waals surface area contributed by atoms with Gasteiger partial charge in [0.15, 0.2) is 4.87 Å². The van der Waals surface area contributed by atoms with Gasteiger partial charge < -0.3 is 10.5 Å². The standard InChI is InChI=1S/C5H11NO2S/c1-5(6,9-3)4(7)8-2/h6H2,1-3H3. The normalized spacial score (nSPS) is 16.4. The molecule has 0 aromatic carbocycles. The van der Waals surface area contributed by atoms with E-state index in [-0.39, 0.29) is 0 Å². The van der Waals surface area contributed by atoms with E-state index in [2.05, 4.69) is 4.74 Å². The predicted octanol–water partition coefficient (Wildman–Crippen LogP) is 0.197. The number of hydrogen-bond donors (Lipinski definition) is 1. The largest absolute Gasteiger partial charge is 0.467 e. The lowest BCUT2D eigenvalue weighted by Gasteiger charge is -2.17. The molecule has 0 aromatic heterocycles. The lowest BCUT2D eigenvalue weighted by Crippen LogP contribution is -2.41. The molecule has 1 unspecified atom stereocenters. The summed E-state index contributed by atoms with van der Waals surface area (Å²) in [6.07, 6.45) is 1.76. The molecule has 0 saturated heterocycles. The van der Waals surface area contributed by atoms with Crippen molar-refractivity contribution in [1.29, 1.82) is 0 Å². The van der Waals surface area contributed by atoms with Gasteiger partial charge in [-0.3, -0.25) is 0 Å². The minimum absolute atomic E-state index is 0.394. The highest BCUT2D eigenvalue weighted by molar-refractivity contribution is 8.00. The Balaban J connectivity index is 3.97. The maximum absolute atomic E-state index is 10.7.